The number of nitrogens with one attached hydrogen (secondary N) is 2. The summed E-state index contributed by atoms with van der Waals surface area (Å²) in [5, 5.41) is 3.38. The van der Waals surface area contributed by atoms with E-state index in [0.717, 1.165) is 32.7 Å². The Morgan fingerprint density at radius 3 is 3.18 bits per heavy atom. The molecule has 94 valence electrons. The zero-order chi connectivity index (χ0) is 12.1. The molecule has 6 heteroatoms. The molecular weight excluding hydrogens is 236 g/mol. The van der Waals surface area contributed by atoms with Crippen molar-refractivity contribution in [2.75, 3.05) is 26.2 Å². The first-order valence-electron chi connectivity index (χ1n) is 5.82. The number of nitrogen functional groups attached to an aromatic ring is 1. The fourth-order valence-electron chi connectivity index (χ4n) is 1.94. The van der Waals surface area contributed by atoms with Gasteiger partial charge in [-0.2, -0.15) is 0 Å². The van der Waals surface area contributed by atoms with Crippen LogP contribution in [0.3, 0.4) is 0 Å². The number of rotatable bonds is 3. The van der Waals surface area contributed by atoms with Crippen LogP contribution in [0.4, 0.5) is 0 Å². The second kappa shape index (κ2) is 6.11. The van der Waals surface area contributed by atoms with Crippen molar-refractivity contribution in [2.24, 2.45) is 5.84 Å². The average molecular weight is 254 g/mol. The van der Waals surface area contributed by atoms with Gasteiger partial charge in [0.2, 0.25) is 0 Å². The molecule has 0 bridgehead atoms. The molecule has 1 aromatic rings. The molecule has 0 radical (unpaired) electrons. The van der Waals surface area contributed by atoms with Crippen molar-refractivity contribution in [3.05, 3.63) is 21.9 Å². The van der Waals surface area contributed by atoms with Crippen LogP contribution in [0.1, 0.15) is 21.0 Å². The second-order valence-corrected chi connectivity index (χ2v) is 5.29. The Kier molecular flexibility index (Phi) is 4.49. The fourth-order valence-corrected chi connectivity index (χ4v) is 2.89. The normalized spacial score (nSPS) is 17.7. The first-order valence-corrected chi connectivity index (χ1v) is 6.64. The molecule has 4 N–H and O–H groups in total. The van der Waals surface area contributed by atoms with Gasteiger partial charge in [0.15, 0.2) is 0 Å². The number of nitrogens with zero attached hydrogens (tertiary/aromatic N) is 1. The van der Waals surface area contributed by atoms with Crippen LogP contribution in [0.25, 0.3) is 0 Å². The van der Waals surface area contributed by atoms with Crippen LogP contribution in [0.5, 0.6) is 0 Å². The molecule has 0 atom stereocenters. The van der Waals surface area contributed by atoms with Crippen molar-refractivity contribution in [2.45, 2.75) is 13.0 Å². The van der Waals surface area contributed by atoms with Crippen molar-refractivity contribution < 1.29 is 4.79 Å². The summed E-state index contributed by atoms with van der Waals surface area (Å²) in [7, 11) is 0. The lowest BCUT2D eigenvalue weighted by Crippen LogP contribution is -2.29. The number of hydrogen-bond acceptors (Lipinski definition) is 5. The van der Waals surface area contributed by atoms with Gasteiger partial charge >= 0.3 is 0 Å². The highest BCUT2D eigenvalue weighted by Crippen LogP contribution is 2.18. The number of carbonyl (C=O) groups is 1. The lowest BCUT2D eigenvalue weighted by molar-refractivity contribution is 0.0957. The maximum absolute atomic E-state index is 11.3. The standard InChI is InChI=1S/C11H18N4OS/c12-14-11(16)10-3-2-9(17-10)8-15-6-1-4-13-5-7-15/h2-3,13H,1,4-8,12H2,(H,14,16). The number of hydrazine groups is 1. The Labute approximate surface area is 105 Å². The highest BCUT2D eigenvalue weighted by Gasteiger charge is 2.12. The van der Waals surface area contributed by atoms with E-state index in [9.17, 15) is 4.79 Å². The summed E-state index contributed by atoms with van der Waals surface area (Å²) in [5.41, 5.74) is 2.16. The van der Waals surface area contributed by atoms with E-state index in [0.29, 0.717) is 4.88 Å². The zero-order valence-electron chi connectivity index (χ0n) is 9.74. The molecule has 0 spiro atoms. The third kappa shape index (κ3) is 3.50. The molecule has 1 saturated heterocycles. The van der Waals surface area contributed by atoms with Crippen molar-refractivity contribution in [3.8, 4) is 0 Å². The lowest BCUT2D eigenvalue weighted by Gasteiger charge is -2.17. The Bertz CT molecular complexity index is 371. The van der Waals surface area contributed by atoms with Gasteiger partial charge in [0.1, 0.15) is 0 Å². The molecule has 0 aliphatic carbocycles. The summed E-state index contributed by atoms with van der Waals surface area (Å²) in [6, 6.07) is 3.84. The molecular formula is C11H18N4OS. The largest absolute Gasteiger partial charge is 0.315 e. The van der Waals surface area contributed by atoms with Crippen molar-refractivity contribution in [1.29, 1.82) is 0 Å². The molecule has 17 heavy (non-hydrogen) atoms. The van der Waals surface area contributed by atoms with Gasteiger partial charge in [-0.25, -0.2) is 5.84 Å². The Morgan fingerprint density at radius 2 is 2.35 bits per heavy atom. The van der Waals surface area contributed by atoms with Crippen molar-refractivity contribution >= 4 is 17.2 Å². The minimum absolute atomic E-state index is 0.209. The number of thiophene rings is 1. The molecule has 1 amide bonds. The third-order valence-electron chi connectivity index (χ3n) is 2.83. The van der Waals surface area contributed by atoms with E-state index in [4.69, 9.17) is 5.84 Å². The molecule has 0 aromatic carbocycles. The Morgan fingerprint density at radius 1 is 1.47 bits per heavy atom. The number of nitrogens with two attached hydrogens (primary N) is 1. The van der Waals surface area contributed by atoms with Gasteiger partial charge < -0.3 is 5.32 Å². The molecule has 1 fully saturated rings. The van der Waals surface area contributed by atoms with Crippen LogP contribution in [-0.4, -0.2) is 37.0 Å². The Hall–Kier alpha value is -0.950. The minimum atomic E-state index is -0.209. The summed E-state index contributed by atoms with van der Waals surface area (Å²) in [6.45, 7) is 5.24. The molecule has 1 aliphatic heterocycles. The van der Waals surface area contributed by atoms with Crippen LogP contribution in [0.2, 0.25) is 0 Å². The average Bonchev–Trinajstić information content (AvgIpc) is 2.65. The van der Waals surface area contributed by atoms with Crippen molar-refractivity contribution in [3.63, 3.8) is 0 Å². The fraction of sp³-hybridized carbons (Fsp3) is 0.545. The molecule has 0 unspecified atom stereocenters. The van der Waals surface area contributed by atoms with Gasteiger partial charge in [-0.05, 0) is 31.6 Å². The topological polar surface area (TPSA) is 70.4 Å². The van der Waals surface area contributed by atoms with Gasteiger partial charge in [-0.3, -0.25) is 15.1 Å². The van der Waals surface area contributed by atoms with Crippen LogP contribution < -0.4 is 16.6 Å². The van der Waals surface area contributed by atoms with Gasteiger partial charge in [0.05, 0.1) is 4.88 Å². The van der Waals surface area contributed by atoms with Gasteiger partial charge in [0.25, 0.3) is 5.91 Å². The summed E-state index contributed by atoms with van der Waals surface area (Å²) >= 11 is 1.51. The van der Waals surface area contributed by atoms with E-state index in [1.54, 1.807) is 0 Å². The monoisotopic (exact) mass is 254 g/mol. The van der Waals surface area contributed by atoms with Crippen LogP contribution in [0.15, 0.2) is 12.1 Å². The zero-order valence-corrected chi connectivity index (χ0v) is 10.6. The summed E-state index contributed by atoms with van der Waals surface area (Å²) in [4.78, 5) is 15.6. The molecule has 2 rings (SSSR count). The van der Waals surface area contributed by atoms with Crippen LogP contribution >= 0.6 is 11.3 Å². The van der Waals surface area contributed by atoms with E-state index in [1.807, 2.05) is 12.1 Å². The van der Waals surface area contributed by atoms with Gasteiger partial charge in [-0.1, -0.05) is 0 Å². The maximum Gasteiger partial charge on any atom is 0.275 e. The first kappa shape index (κ1) is 12.5. The van der Waals surface area contributed by atoms with E-state index in [-0.39, 0.29) is 5.91 Å². The molecule has 5 nitrogen and oxygen atoms in total. The minimum Gasteiger partial charge on any atom is -0.315 e. The van der Waals surface area contributed by atoms with Crippen LogP contribution in [-0.2, 0) is 6.54 Å². The van der Waals surface area contributed by atoms with E-state index in [1.165, 1.54) is 22.6 Å². The smallest absolute Gasteiger partial charge is 0.275 e. The molecule has 1 aromatic heterocycles. The maximum atomic E-state index is 11.3. The van der Waals surface area contributed by atoms with E-state index in [2.05, 4.69) is 15.6 Å². The predicted molar refractivity (Wildman–Crippen MR) is 68.7 cm³/mol. The molecule has 0 saturated carbocycles. The van der Waals surface area contributed by atoms with E-state index < -0.39 is 0 Å². The Balaban J connectivity index is 1.93. The molecule has 2 heterocycles. The van der Waals surface area contributed by atoms with Crippen molar-refractivity contribution in [1.82, 2.24) is 15.6 Å². The molecule has 1 aliphatic rings. The van der Waals surface area contributed by atoms with Gasteiger partial charge in [0, 0.05) is 24.5 Å². The summed E-state index contributed by atoms with van der Waals surface area (Å²) in [6.07, 6.45) is 1.18. The number of carbonyl (C=O) groups excluding carboxylic acids is 1. The summed E-state index contributed by atoms with van der Waals surface area (Å²) < 4.78 is 0. The quantitative estimate of drug-likeness (QED) is 0.408. The second-order valence-electron chi connectivity index (χ2n) is 4.12. The highest BCUT2D eigenvalue weighted by atomic mass is 32.1. The first-order chi connectivity index (χ1) is 8.29. The number of hydrogen-bond donors (Lipinski definition) is 3. The highest BCUT2D eigenvalue weighted by molar-refractivity contribution is 7.14. The SMILES string of the molecule is NNC(=O)c1ccc(CN2CCCNCC2)s1. The lowest BCUT2D eigenvalue weighted by atomic mass is 10.3. The number of amides is 1. The van der Waals surface area contributed by atoms with E-state index >= 15 is 0 Å². The van der Waals surface area contributed by atoms with Gasteiger partial charge in [-0.15, -0.1) is 11.3 Å². The predicted octanol–water partition coefficient (Wildman–Crippen LogP) is 0.147. The summed E-state index contributed by atoms with van der Waals surface area (Å²) in [5.74, 6) is 4.90. The third-order valence-corrected chi connectivity index (χ3v) is 3.90. The van der Waals surface area contributed by atoms with Crippen LogP contribution in [0, 0.1) is 0 Å².